The number of carbonyl (C=O) groups is 2. The standard InChI is InChI=1S/2C10H21NO4S3.Na.Zn.H/c2*12-10(11-6-8-18(13,14)15)4-2-1-3-9(17)5-7-16;;;/h2*9,16-17H,1-8H2,(H,11,12)(H,13,14,15);;;/q;;;+2;/p-2. The summed E-state index contributed by atoms with van der Waals surface area (Å²) in [5.74, 6) is 0.0576. The number of thiol groups is 4. The summed E-state index contributed by atoms with van der Waals surface area (Å²) in [7, 11) is -8.49. The number of rotatable bonds is 20. The van der Waals surface area contributed by atoms with Crippen molar-refractivity contribution in [1.82, 2.24) is 10.6 Å². The van der Waals surface area contributed by atoms with Crippen LogP contribution in [0.4, 0.5) is 0 Å². The molecule has 0 aliphatic carbocycles. The van der Waals surface area contributed by atoms with Crippen molar-refractivity contribution in [1.29, 1.82) is 0 Å². The van der Waals surface area contributed by atoms with Crippen LogP contribution in [-0.2, 0) is 49.3 Å². The molecule has 2 unspecified atom stereocenters. The van der Waals surface area contributed by atoms with Gasteiger partial charge in [0.1, 0.15) is 0 Å². The quantitative estimate of drug-likeness (QED) is 0.0469. The van der Waals surface area contributed by atoms with Gasteiger partial charge in [-0.15, -0.1) is 0 Å². The maximum absolute atomic E-state index is 11.3. The molecule has 2 amide bonds. The molecule has 0 aromatic carbocycles. The predicted molar refractivity (Wildman–Crippen MR) is 162 cm³/mol. The number of carbonyl (C=O) groups excluding carboxylic acids is 2. The summed E-state index contributed by atoms with van der Waals surface area (Å²) in [5, 5.41) is 5.44. The van der Waals surface area contributed by atoms with Crippen LogP contribution in [0.1, 0.15) is 64.2 Å². The Morgan fingerprint density at radius 2 is 0.974 bits per heavy atom. The summed E-state index contributed by atoms with van der Waals surface area (Å²) in [6.07, 6.45) is 7.72. The van der Waals surface area contributed by atoms with Gasteiger partial charge in [-0.2, -0.15) is 50.5 Å². The fourth-order valence-electron chi connectivity index (χ4n) is 2.73. The summed E-state index contributed by atoms with van der Waals surface area (Å²) in [5.41, 5.74) is 0. The first-order valence-electron chi connectivity index (χ1n) is 11.7. The SMILES string of the molecule is O=C(CCCCC(S)CCS)NCCS(=O)(=O)[O-].O=C(CCCCC(S)CCS)NCCS(=O)(=O)[O-].[NaH].[Zn+2]. The fourth-order valence-corrected chi connectivity index (χ4v) is 5.08. The molecular weight excluding hydrogens is 677 g/mol. The van der Waals surface area contributed by atoms with Crippen LogP contribution in [0.15, 0.2) is 0 Å². The smallest absolute Gasteiger partial charge is 2.00 e. The van der Waals surface area contributed by atoms with Gasteiger partial charge in [0.2, 0.25) is 11.8 Å². The van der Waals surface area contributed by atoms with Gasteiger partial charge < -0.3 is 19.7 Å². The van der Waals surface area contributed by atoms with Crippen molar-refractivity contribution in [2.24, 2.45) is 0 Å². The Balaban J connectivity index is -0.000000289. The van der Waals surface area contributed by atoms with Crippen LogP contribution >= 0.6 is 50.5 Å². The third-order valence-corrected chi connectivity index (χ3v) is 7.61. The van der Waals surface area contributed by atoms with Gasteiger partial charge in [-0.1, -0.05) is 12.8 Å². The Labute approximate surface area is 285 Å². The molecule has 0 spiro atoms. The molecule has 0 radical (unpaired) electrons. The molecule has 0 heterocycles. The summed E-state index contributed by atoms with van der Waals surface area (Å²) in [4.78, 5) is 22.5. The molecule has 0 aliphatic heterocycles. The Morgan fingerprint density at radius 1 is 0.658 bits per heavy atom. The Hall–Kier alpha value is 1.78. The van der Waals surface area contributed by atoms with Gasteiger partial charge in [0, 0.05) is 36.4 Å². The van der Waals surface area contributed by atoms with E-state index < -0.39 is 31.7 Å². The van der Waals surface area contributed by atoms with Crippen LogP contribution in [0, 0.1) is 0 Å². The van der Waals surface area contributed by atoms with E-state index in [-0.39, 0.29) is 73.9 Å². The van der Waals surface area contributed by atoms with Gasteiger partial charge in [-0.05, 0) is 50.0 Å². The van der Waals surface area contributed by atoms with Crippen LogP contribution in [0.3, 0.4) is 0 Å². The van der Waals surface area contributed by atoms with Gasteiger partial charge in [-0.3, -0.25) is 9.59 Å². The summed E-state index contributed by atoms with van der Waals surface area (Å²) >= 11 is 17.0. The minimum Gasteiger partial charge on any atom is 2.00 e. The molecule has 0 fully saturated rings. The molecule has 0 bridgehead atoms. The van der Waals surface area contributed by atoms with Crippen molar-refractivity contribution in [3.63, 3.8) is 0 Å². The van der Waals surface area contributed by atoms with Crippen molar-refractivity contribution < 1.29 is 55.0 Å². The van der Waals surface area contributed by atoms with Crippen LogP contribution in [0.25, 0.3) is 0 Å². The van der Waals surface area contributed by atoms with Crippen molar-refractivity contribution in [2.75, 3.05) is 36.1 Å². The molecular formula is C20H41N2NaO8S6Zn. The van der Waals surface area contributed by atoms with E-state index in [0.29, 0.717) is 23.3 Å². The van der Waals surface area contributed by atoms with E-state index in [1.165, 1.54) is 0 Å². The van der Waals surface area contributed by atoms with E-state index >= 15 is 0 Å². The average Bonchev–Trinajstić information content (AvgIpc) is 2.73. The number of hydrogen-bond donors (Lipinski definition) is 6. The summed E-state index contributed by atoms with van der Waals surface area (Å²) in [6.45, 7) is -0.223. The second kappa shape index (κ2) is 28.9. The molecule has 0 rings (SSSR count). The Kier molecular flexibility index (Phi) is 35.5. The van der Waals surface area contributed by atoms with Crippen molar-refractivity contribution in [3.05, 3.63) is 0 Å². The number of hydrogen-bond acceptors (Lipinski definition) is 12. The second-order valence-electron chi connectivity index (χ2n) is 8.05. The topological polar surface area (TPSA) is 173 Å². The van der Waals surface area contributed by atoms with Gasteiger partial charge in [-0.25, -0.2) is 16.8 Å². The zero-order chi connectivity index (χ0) is 28.0. The van der Waals surface area contributed by atoms with E-state index in [1.54, 1.807) is 0 Å². The normalized spacial score (nSPS) is 12.6. The molecule has 38 heavy (non-hydrogen) atoms. The van der Waals surface area contributed by atoms with Gasteiger partial charge in [0.25, 0.3) is 0 Å². The first-order chi connectivity index (χ1) is 16.7. The van der Waals surface area contributed by atoms with Crippen molar-refractivity contribution in [3.8, 4) is 0 Å². The molecule has 2 atom stereocenters. The number of nitrogens with one attached hydrogen (secondary N) is 2. The monoisotopic (exact) mass is 716 g/mol. The predicted octanol–water partition coefficient (Wildman–Crippen LogP) is 1.00. The molecule has 18 heteroatoms. The third-order valence-electron chi connectivity index (χ3n) is 4.66. The van der Waals surface area contributed by atoms with Gasteiger partial charge in [0.15, 0.2) is 0 Å². The molecule has 0 saturated heterocycles. The third kappa shape index (κ3) is 39.9. The van der Waals surface area contributed by atoms with Crippen molar-refractivity contribution in [2.45, 2.75) is 74.7 Å². The largest absolute Gasteiger partial charge is 2.00 e. The first-order valence-corrected chi connectivity index (χ1v) is 17.1. The molecule has 0 aliphatic rings. The minimum atomic E-state index is -4.24. The Morgan fingerprint density at radius 3 is 1.24 bits per heavy atom. The molecule has 218 valence electrons. The minimum absolute atomic E-state index is 0. The zero-order valence-corrected chi connectivity index (χ0v) is 29.2. The second-order valence-corrected chi connectivity index (χ2v) is 13.4. The fraction of sp³-hybridized carbons (Fsp3) is 0.900. The molecule has 0 aromatic rings. The summed E-state index contributed by atoms with van der Waals surface area (Å²) < 4.78 is 61.7. The molecule has 0 saturated carbocycles. The van der Waals surface area contributed by atoms with E-state index in [9.17, 15) is 35.5 Å². The van der Waals surface area contributed by atoms with Crippen molar-refractivity contribution >= 4 is 112 Å². The average molecular weight is 718 g/mol. The number of unbranched alkanes of at least 4 members (excludes halogenated alkanes) is 2. The maximum Gasteiger partial charge on any atom is 2.00 e. The van der Waals surface area contributed by atoms with Gasteiger partial charge >= 0.3 is 49.0 Å². The van der Waals surface area contributed by atoms with Crippen LogP contribution < -0.4 is 10.6 Å². The zero-order valence-electron chi connectivity index (χ0n) is 21.0. The van der Waals surface area contributed by atoms with Crippen LogP contribution in [0.5, 0.6) is 0 Å². The van der Waals surface area contributed by atoms with E-state index in [0.717, 1.165) is 62.9 Å². The van der Waals surface area contributed by atoms with Crippen LogP contribution in [-0.4, -0.2) is 114 Å². The Bertz CT molecular complexity index is 743. The molecule has 2 N–H and O–H groups in total. The first kappa shape index (κ1) is 46.7. The van der Waals surface area contributed by atoms with E-state index in [4.69, 9.17) is 0 Å². The summed E-state index contributed by atoms with van der Waals surface area (Å²) in [6, 6.07) is 0. The van der Waals surface area contributed by atoms with Crippen LogP contribution in [0.2, 0.25) is 0 Å². The van der Waals surface area contributed by atoms with Gasteiger partial charge in [0.05, 0.1) is 31.7 Å². The van der Waals surface area contributed by atoms with E-state index in [2.05, 4.69) is 61.1 Å². The maximum atomic E-state index is 11.3. The molecule has 0 aromatic heterocycles. The van der Waals surface area contributed by atoms with E-state index in [1.807, 2.05) is 0 Å². The molecule has 10 nitrogen and oxygen atoms in total. The number of amides is 2.